The van der Waals surface area contributed by atoms with Crippen molar-refractivity contribution in [1.82, 2.24) is 15.0 Å². The number of benzene rings is 1. The van der Waals surface area contributed by atoms with Crippen molar-refractivity contribution in [3.05, 3.63) is 52.0 Å². The summed E-state index contributed by atoms with van der Waals surface area (Å²) in [5.41, 5.74) is 2.07. The number of thiazole rings is 1. The van der Waals surface area contributed by atoms with Gasteiger partial charge in [0.1, 0.15) is 5.69 Å². The average Bonchev–Trinajstić information content (AvgIpc) is 3.51. The number of nitrogens with zero attached hydrogens (tertiary/aromatic N) is 3. The summed E-state index contributed by atoms with van der Waals surface area (Å²) in [4.78, 5) is 32.4. The molecule has 1 aliphatic heterocycles. The zero-order chi connectivity index (χ0) is 23.2. The molecule has 0 atom stereocenters. The largest absolute Gasteiger partial charge is 0.461 e. The Labute approximate surface area is 201 Å². The van der Waals surface area contributed by atoms with Crippen LogP contribution in [0.15, 0.2) is 45.1 Å². The molecule has 1 fully saturated rings. The van der Waals surface area contributed by atoms with Gasteiger partial charge in [0, 0.05) is 47.5 Å². The molecule has 33 heavy (non-hydrogen) atoms. The fraction of sp³-hybridized carbons (Fsp3) is 0.417. The van der Waals surface area contributed by atoms with Gasteiger partial charge in [-0.2, -0.15) is 0 Å². The highest BCUT2D eigenvalue weighted by molar-refractivity contribution is 7.99. The average molecular weight is 486 g/mol. The Morgan fingerprint density at radius 3 is 2.82 bits per heavy atom. The smallest absolute Gasteiger partial charge is 0.360 e. The quantitative estimate of drug-likeness (QED) is 0.321. The van der Waals surface area contributed by atoms with Crippen molar-refractivity contribution in [2.75, 3.05) is 25.4 Å². The Morgan fingerprint density at radius 1 is 1.27 bits per heavy atom. The maximum absolute atomic E-state index is 12.7. The molecular formula is C24H27N3O4S2. The highest BCUT2D eigenvalue weighted by atomic mass is 32.2. The lowest BCUT2D eigenvalue weighted by atomic mass is 9.97. The number of thioether (sulfide) groups is 1. The van der Waals surface area contributed by atoms with Crippen LogP contribution < -0.4 is 0 Å². The van der Waals surface area contributed by atoms with E-state index in [0.29, 0.717) is 23.8 Å². The summed E-state index contributed by atoms with van der Waals surface area (Å²) < 4.78 is 10.2. The van der Waals surface area contributed by atoms with Crippen LogP contribution in [-0.2, 0) is 9.53 Å². The molecule has 0 aliphatic carbocycles. The van der Waals surface area contributed by atoms with Crippen molar-refractivity contribution in [3.8, 4) is 11.5 Å². The lowest BCUT2D eigenvalue weighted by molar-refractivity contribution is -0.131. The molecule has 1 amide bonds. The number of hydrogen-bond acceptors (Lipinski definition) is 8. The van der Waals surface area contributed by atoms with E-state index in [0.717, 1.165) is 36.7 Å². The lowest BCUT2D eigenvalue weighted by Crippen LogP contribution is -2.38. The van der Waals surface area contributed by atoms with Gasteiger partial charge in [-0.05, 0) is 38.3 Å². The molecule has 7 nitrogen and oxygen atoms in total. The van der Waals surface area contributed by atoms with Gasteiger partial charge in [-0.3, -0.25) is 4.79 Å². The summed E-state index contributed by atoms with van der Waals surface area (Å²) in [7, 11) is 0. The molecule has 0 bridgehead atoms. The first-order chi connectivity index (χ1) is 16.0. The molecular weight excluding hydrogens is 458 g/mol. The first-order valence-corrected chi connectivity index (χ1v) is 13.0. The minimum Gasteiger partial charge on any atom is -0.461 e. The second-order valence-electron chi connectivity index (χ2n) is 7.89. The molecule has 1 aromatic carbocycles. The van der Waals surface area contributed by atoms with Crippen molar-refractivity contribution >= 4 is 35.0 Å². The zero-order valence-corrected chi connectivity index (χ0v) is 20.4. The Morgan fingerprint density at radius 2 is 2.06 bits per heavy atom. The number of hydrogen-bond donors (Lipinski definition) is 0. The zero-order valence-electron chi connectivity index (χ0n) is 18.8. The van der Waals surface area contributed by atoms with E-state index in [1.54, 1.807) is 36.1 Å². The first-order valence-electron chi connectivity index (χ1n) is 11.1. The van der Waals surface area contributed by atoms with Gasteiger partial charge in [0.15, 0.2) is 11.5 Å². The Balaban J connectivity index is 1.26. The molecule has 0 saturated carbocycles. The summed E-state index contributed by atoms with van der Waals surface area (Å²) in [6.07, 6.45) is 2.35. The van der Waals surface area contributed by atoms with E-state index < -0.39 is 5.97 Å². The van der Waals surface area contributed by atoms with Crippen LogP contribution >= 0.6 is 23.1 Å². The molecule has 0 N–H and O–H groups in total. The van der Waals surface area contributed by atoms with Crippen molar-refractivity contribution < 1.29 is 18.8 Å². The number of piperidine rings is 1. The fourth-order valence-corrected chi connectivity index (χ4v) is 5.73. The van der Waals surface area contributed by atoms with Gasteiger partial charge in [0.05, 0.1) is 11.6 Å². The van der Waals surface area contributed by atoms with E-state index in [1.165, 1.54) is 10.5 Å². The highest BCUT2D eigenvalue weighted by Gasteiger charge is 2.26. The fourth-order valence-electron chi connectivity index (χ4n) is 3.79. The number of rotatable bonds is 8. The molecule has 0 unspecified atom stereocenters. The van der Waals surface area contributed by atoms with Crippen LogP contribution in [0.5, 0.6) is 0 Å². The number of carbonyl (C=O) groups is 2. The van der Waals surface area contributed by atoms with Gasteiger partial charge in [-0.25, -0.2) is 9.78 Å². The number of carbonyl (C=O) groups excluding carboxylic acids is 2. The Hall–Kier alpha value is -2.65. The van der Waals surface area contributed by atoms with Crippen LogP contribution in [0.4, 0.5) is 0 Å². The molecule has 174 valence electrons. The molecule has 3 aromatic rings. The predicted octanol–water partition coefficient (Wildman–Crippen LogP) is 5.17. The summed E-state index contributed by atoms with van der Waals surface area (Å²) >= 11 is 3.32. The van der Waals surface area contributed by atoms with Gasteiger partial charge in [-0.15, -0.1) is 23.1 Å². The third-order valence-corrected chi connectivity index (χ3v) is 7.82. The minimum atomic E-state index is -0.503. The molecule has 9 heteroatoms. The van der Waals surface area contributed by atoms with Crippen LogP contribution in [0.2, 0.25) is 0 Å². The van der Waals surface area contributed by atoms with Crippen molar-refractivity contribution in [2.45, 2.75) is 43.9 Å². The maximum Gasteiger partial charge on any atom is 0.360 e. The van der Waals surface area contributed by atoms with Crippen molar-refractivity contribution in [2.24, 2.45) is 0 Å². The second kappa shape index (κ2) is 11.0. The Kier molecular flexibility index (Phi) is 7.82. The van der Waals surface area contributed by atoms with Crippen LogP contribution in [-0.4, -0.2) is 52.4 Å². The van der Waals surface area contributed by atoms with Gasteiger partial charge < -0.3 is 14.2 Å². The number of ether oxygens (including phenoxy) is 1. The predicted molar refractivity (Wildman–Crippen MR) is 129 cm³/mol. The molecule has 0 spiro atoms. The molecule has 2 aromatic heterocycles. The monoisotopic (exact) mass is 485 g/mol. The maximum atomic E-state index is 12.7. The molecule has 3 heterocycles. The standard InChI is InChI=1S/C24H27N3O4S2/c1-3-30-24(29)18-14-20(31-26-18)19-15-33-23(25-19)17-8-11-27(12-9-17)22(28)10-13-32-21-7-5-4-6-16(21)2/h4-7,14-15,17H,3,8-13H2,1-2H3. The van der Waals surface area contributed by atoms with Crippen LogP contribution in [0.3, 0.4) is 0 Å². The van der Waals surface area contributed by atoms with Crippen LogP contribution in [0, 0.1) is 6.92 Å². The topological polar surface area (TPSA) is 85.5 Å². The molecule has 0 radical (unpaired) electrons. The summed E-state index contributed by atoms with van der Waals surface area (Å²) in [5, 5.41) is 6.73. The lowest BCUT2D eigenvalue weighted by Gasteiger charge is -2.31. The molecule has 4 rings (SSSR count). The number of aryl methyl sites for hydroxylation is 1. The third-order valence-electron chi connectivity index (χ3n) is 5.63. The highest BCUT2D eigenvalue weighted by Crippen LogP contribution is 2.33. The normalized spacial score (nSPS) is 14.4. The molecule has 1 aliphatic rings. The second-order valence-corrected chi connectivity index (χ2v) is 9.91. The van der Waals surface area contributed by atoms with E-state index in [9.17, 15) is 9.59 Å². The summed E-state index contributed by atoms with van der Waals surface area (Å²) in [6, 6.07) is 9.84. The van der Waals surface area contributed by atoms with Gasteiger partial charge in [-0.1, -0.05) is 23.4 Å². The van der Waals surface area contributed by atoms with E-state index >= 15 is 0 Å². The van der Waals surface area contributed by atoms with E-state index in [-0.39, 0.29) is 18.2 Å². The van der Waals surface area contributed by atoms with Gasteiger partial charge in [0.25, 0.3) is 0 Å². The minimum absolute atomic E-state index is 0.147. The first kappa shape index (κ1) is 23.5. The van der Waals surface area contributed by atoms with Crippen LogP contribution in [0.1, 0.15) is 53.2 Å². The number of aromatic nitrogens is 2. The van der Waals surface area contributed by atoms with Gasteiger partial charge >= 0.3 is 5.97 Å². The number of esters is 1. The van der Waals surface area contributed by atoms with Crippen LogP contribution in [0.25, 0.3) is 11.5 Å². The van der Waals surface area contributed by atoms with Crippen molar-refractivity contribution in [1.29, 1.82) is 0 Å². The van der Waals surface area contributed by atoms with Crippen molar-refractivity contribution in [3.63, 3.8) is 0 Å². The Bertz CT molecular complexity index is 1100. The third kappa shape index (κ3) is 5.83. The summed E-state index contributed by atoms with van der Waals surface area (Å²) in [6.45, 7) is 5.63. The number of amides is 1. The van der Waals surface area contributed by atoms with E-state index in [2.05, 4.69) is 24.2 Å². The molecule has 1 saturated heterocycles. The van der Waals surface area contributed by atoms with Gasteiger partial charge in [0.2, 0.25) is 5.91 Å². The van der Waals surface area contributed by atoms with E-state index in [1.807, 2.05) is 22.4 Å². The number of likely N-dealkylation sites (tertiary alicyclic amines) is 1. The van der Waals surface area contributed by atoms with E-state index in [4.69, 9.17) is 14.2 Å². The SMILES string of the molecule is CCOC(=O)c1cc(-c2csc(C3CCN(C(=O)CCSc4ccccc4C)CC3)n2)on1. The summed E-state index contributed by atoms with van der Waals surface area (Å²) in [5.74, 6) is 1.30.